The maximum Gasteiger partial charge on any atom is 0.162 e. The highest BCUT2D eigenvalue weighted by Crippen LogP contribution is 2.37. The third-order valence-electron chi connectivity index (χ3n) is 5.79. The van der Waals surface area contributed by atoms with Crippen LogP contribution >= 0.6 is 11.6 Å². The zero-order valence-corrected chi connectivity index (χ0v) is 18.1. The van der Waals surface area contributed by atoms with Crippen molar-refractivity contribution in [3.63, 3.8) is 0 Å². The monoisotopic (exact) mass is 447 g/mol. The smallest absolute Gasteiger partial charge is 0.162 e. The van der Waals surface area contributed by atoms with E-state index in [0.29, 0.717) is 60.7 Å². The number of anilines is 1. The molecule has 3 aromatic rings. The molecule has 2 saturated heterocycles. The minimum absolute atomic E-state index is 0.128. The Kier molecular flexibility index (Phi) is 4.91. The molecule has 0 radical (unpaired) electrons. The molecular formula is C20H22ClN5O3S. The Labute approximate surface area is 179 Å². The van der Waals surface area contributed by atoms with E-state index in [-0.39, 0.29) is 11.8 Å². The molecule has 1 N–H and O–H groups in total. The number of fused-ring (bicyclic) bond motifs is 1. The van der Waals surface area contributed by atoms with Gasteiger partial charge >= 0.3 is 0 Å². The molecule has 0 amide bonds. The number of hydrogen-bond acceptors (Lipinski definition) is 7. The highest BCUT2D eigenvalue weighted by molar-refractivity contribution is 7.91. The van der Waals surface area contributed by atoms with Crippen LogP contribution in [0.4, 0.5) is 5.82 Å². The zero-order valence-electron chi connectivity index (χ0n) is 16.5. The van der Waals surface area contributed by atoms with E-state index in [1.165, 1.54) is 0 Å². The van der Waals surface area contributed by atoms with Crippen LogP contribution < -0.4 is 4.90 Å². The number of aromatic nitrogens is 4. The number of sulfone groups is 1. The van der Waals surface area contributed by atoms with Crippen LogP contribution in [0, 0.1) is 0 Å². The molecular weight excluding hydrogens is 426 g/mol. The van der Waals surface area contributed by atoms with Gasteiger partial charge in [0.1, 0.15) is 21.9 Å². The number of pyridine rings is 1. The summed E-state index contributed by atoms with van der Waals surface area (Å²) in [4.78, 5) is 19.1. The molecule has 0 aromatic carbocycles. The zero-order chi connectivity index (χ0) is 20.9. The van der Waals surface area contributed by atoms with E-state index in [1.54, 1.807) is 12.3 Å². The molecule has 8 nitrogen and oxygen atoms in total. The molecule has 0 saturated carbocycles. The van der Waals surface area contributed by atoms with E-state index in [1.807, 2.05) is 12.1 Å². The molecule has 3 aromatic heterocycles. The molecule has 0 bridgehead atoms. The normalized spacial score (nSPS) is 23.9. The lowest BCUT2D eigenvalue weighted by Gasteiger charge is -2.34. The summed E-state index contributed by atoms with van der Waals surface area (Å²) in [6, 6.07) is 5.58. The fourth-order valence-electron chi connectivity index (χ4n) is 4.27. The van der Waals surface area contributed by atoms with E-state index in [2.05, 4.69) is 21.8 Å². The van der Waals surface area contributed by atoms with E-state index in [9.17, 15) is 8.42 Å². The van der Waals surface area contributed by atoms with Crippen molar-refractivity contribution >= 4 is 38.3 Å². The first kappa shape index (κ1) is 19.7. The number of nitrogens with one attached hydrogen (secondary N) is 1. The van der Waals surface area contributed by atoms with Gasteiger partial charge < -0.3 is 14.6 Å². The number of hydrogen-bond donors (Lipinski definition) is 1. The van der Waals surface area contributed by atoms with E-state index < -0.39 is 15.1 Å². The number of aromatic amines is 1. The summed E-state index contributed by atoms with van der Waals surface area (Å²) in [6.45, 7) is 3.95. The molecule has 5 rings (SSSR count). The maximum absolute atomic E-state index is 12.7. The minimum Gasteiger partial charge on any atom is -0.377 e. The van der Waals surface area contributed by atoms with Crippen LogP contribution in [0.3, 0.4) is 0 Å². The van der Waals surface area contributed by atoms with Crippen LogP contribution in [-0.4, -0.2) is 59.9 Å². The summed E-state index contributed by atoms with van der Waals surface area (Å²) in [5, 5.41) is 0.559. The Morgan fingerprint density at radius 1 is 1.27 bits per heavy atom. The quantitative estimate of drug-likeness (QED) is 0.615. The molecule has 2 atom stereocenters. The molecule has 0 spiro atoms. The molecule has 2 aliphatic heterocycles. The van der Waals surface area contributed by atoms with Crippen molar-refractivity contribution in [2.24, 2.45) is 0 Å². The Hall–Kier alpha value is -2.23. The second-order valence-corrected chi connectivity index (χ2v) is 10.5. The largest absolute Gasteiger partial charge is 0.377 e. The average Bonchev–Trinajstić information content (AvgIpc) is 3.32. The number of morpholine rings is 1. The van der Waals surface area contributed by atoms with Crippen LogP contribution in [0.15, 0.2) is 24.4 Å². The van der Waals surface area contributed by atoms with Crippen LogP contribution in [0.25, 0.3) is 22.4 Å². The number of halogens is 1. The van der Waals surface area contributed by atoms with E-state index in [0.717, 1.165) is 10.9 Å². The first-order valence-corrected chi connectivity index (χ1v) is 12.1. The molecule has 30 heavy (non-hydrogen) atoms. The third kappa shape index (κ3) is 3.44. The second kappa shape index (κ2) is 7.47. The summed E-state index contributed by atoms with van der Waals surface area (Å²) in [5.41, 5.74) is 1.91. The first-order chi connectivity index (χ1) is 14.4. The van der Waals surface area contributed by atoms with Gasteiger partial charge in [0.05, 0.1) is 30.7 Å². The fourth-order valence-corrected chi connectivity index (χ4v) is 6.33. The lowest BCUT2D eigenvalue weighted by atomic mass is 10.1. The standard InChI is InChI=1S/C20H22ClN5O3S/c1-12-11-29-7-6-26(12)18-10-15(16-3-2-8-30(16,27)28)23-20(25-18)14-9-17(21)24-19-13(14)4-5-22-19/h4-5,9-10,12,16H,2-3,6-8,11H2,1H3,(H,22,24)/t12-,16+/m1/s1. The SMILES string of the molecule is C[C@@H]1COCCN1c1cc([C@@H]2CCCS2(=O)=O)nc(-c2cc(Cl)nc3[nH]ccc23)n1. The molecule has 5 heterocycles. The number of rotatable bonds is 3. The number of H-pyrrole nitrogens is 1. The predicted molar refractivity (Wildman–Crippen MR) is 116 cm³/mol. The Morgan fingerprint density at radius 3 is 2.90 bits per heavy atom. The van der Waals surface area contributed by atoms with Gasteiger partial charge in [0.2, 0.25) is 0 Å². The fraction of sp³-hybridized carbons (Fsp3) is 0.450. The van der Waals surface area contributed by atoms with Gasteiger partial charge in [-0.25, -0.2) is 23.4 Å². The van der Waals surface area contributed by atoms with Gasteiger partial charge in [-0.2, -0.15) is 0 Å². The van der Waals surface area contributed by atoms with E-state index in [4.69, 9.17) is 26.3 Å². The molecule has 158 valence electrons. The van der Waals surface area contributed by atoms with Crippen molar-refractivity contribution in [2.45, 2.75) is 31.1 Å². The van der Waals surface area contributed by atoms with Gasteiger partial charge in [-0.3, -0.25) is 0 Å². The van der Waals surface area contributed by atoms with Crippen LogP contribution in [0.2, 0.25) is 5.15 Å². The summed E-state index contributed by atoms with van der Waals surface area (Å²) >= 11 is 6.24. The second-order valence-electron chi connectivity index (χ2n) is 7.82. The van der Waals surface area contributed by atoms with Gasteiger partial charge in [-0.05, 0) is 31.9 Å². The van der Waals surface area contributed by atoms with Gasteiger partial charge in [-0.1, -0.05) is 11.6 Å². The van der Waals surface area contributed by atoms with Crippen molar-refractivity contribution in [1.82, 2.24) is 19.9 Å². The first-order valence-electron chi connectivity index (χ1n) is 10.0. The Morgan fingerprint density at radius 2 is 2.13 bits per heavy atom. The van der Waals surface area contributed by atoms with Crippen molar-refractivity contribution < 1.29 is 13.2 Å². The van der Waals surface area contributed by atoms with Gasteiger partial charge in [0.15, 0.2) is 15.7 Å². The van der Waals surface area contributed by atoms with Crippen molar-refractivity contribution in [3.8, 4) is 11.4 Å². The van der Waals surface area contributed by atoms with Crippen LogP contribution in [-0.2, 0) is 14.6 Å². The Balaban J connectivity index is 1.71. The summed E-state index contributed by atoms with van der Waals surface area (Å²) < 4.78 is 30.9. The molecule has 2 fully saturated rings. The summed E-state index contributed by atoms with van der Waals surface area (Å²) in [6.07, 6.45) is 3.01. The number of ether oxygens (including phenoxy) is 1. The number of nitrogens with zero attached hydrogens (tertiary/aromatic N) is 4. The Bertz CT molecular complexity index is 1210. The lowest BCUT2D eigenvalue weighted by molar-refractivity contribution is 0.0985. The molecule has 0 aliphatic carbocycles. The van der Waals surface area contributed by atoms with Crippen molar-refractivity contribution in [1.29, 1.82) is 0 Å². The predicted octanol–water partition coefficient (Wildman–Crippen LogP) is 3.15. The summed E-state index contributed by atoms with van der Waals surface area (Å²) in [5.74, 6) is 1.37. The van der Waals surface area contributed by atoms with Gasteiger partial charge in [-0.15, -0.1) is 0 Å². The lowest BCUT2D eigenvalue weighted by Crippen LogP contribution is -2.44. The summed E-state index contributed by atoms with van der Waals surface area (Å²) in [7, 11) is -3.22. The third-order valence-corrected chi connectivity index (χ3v) is 8.19. The van der Waals surface area contributed by atoms with Crippen LogP contribution in [0.1, 0.15) is 30.7 Å². The van der Waals surface area contributed by atoms with E-state index >= 15 is 0 Å². The van der Waals surface area contributed by atoms with Crippen molar-refractivity contribution in [3.05, 3.63) is 35.2 Å². The topological polar surface area (TPSA) is 101 Å². The van der Waals surface area contributed by atoms with Crippen molar-refractivity contribution in [2.75, 3.05) is 30.4 Å². The highest BCUT2D eigenvalue weighted by atomic mass is 35.5. The minimum atomic E-state index is -3.22. The molecule has 2 aliphatic rings. The van der Waals surface area contributed by atoms with Gasteiger partial charge in [0.25, 0.3) is 0 Å². The maximum atomic E-state index is 12.7. The van der Waals surface area contributed by atoms with Crippen LogP contribution in [0.5, 0.6) is 0 Å². The average molecular weight is 448 g/mol. The molecule has 0 unspecified atom stereocenters. The van der Waals surface area contributed by atoms with Gasteiger partial charge in [0, 0.05) is 29.8 Å². The highest BCUT2D eigenvalue weighted by Gasteiger charge is 2.35. The molecule has 10 heteroatoms.